The minimum Gasteiger partial charge on any atom is -0.502 e. The van der Waals surface area contributed by atoms with Gasteiger partial charge in [-0.05, 0) is 43.4 Å². The molecular weight excluding hydrogens is 406 g/mol. The number of hydrogen-bond acceptors (Lipinski definition) is 7. The SMILES string of the molecule is Cc1cc(=O)c(O)c(C2(CC(=O)NCCC(=O)Nc3ccccn3)CCSCC2)o1. The Hall–Kier alpha value is -2.81. The monoisotopic (exact) mass is 431 g/mol. The minimum atomic E-state index is -0.735. The van der Waals surface area contributed by atoms with Crippen molar-refractivity contribution in [3.63, 3.8) is 0 Å². The van der Waals surface area contributed by atoms with E-state index in [1.807, 2.05) is 0 Å². The predicted octanol–water partition coefficient (Wildman–Crippen LogP) is 2.35. The van der Waals surface area contributed by atoms with Gasteiger partial charge in [-0.2, -0.15) is 11.8 Å². The Morgan fingerprint density at radius 1 is 1.27 bits per heavy atom. The number of pyridine rings is 1. The molecule has 2 aromatic rings. The van der Waals surface area contributed by atoms with Crippen LogP contribution in [-0.2, 0) is 15.0 Å². The third-order valence-electron chi connectivity index (χ3n) is 5.08. The number of thioether (sulfide) groups is 1. The molecule has 3 N–H and O–H groups in total. The Kier molecular flexibility index (Phi) is 7.15. The summed E-state index contributed by atoms with van der Waals surface area (Å²) in [5, 5.41) is 15.8. The largest absolute Gasteiger partial charge is 0.502 e. The van der Waals surface area contributed by atoms with E-state index in [2.05, 4.69) is 15.6 Å². The van der Waals surface area contributed by atoms with Crippen molar-refractivity contribution >= 4 is 29.4 Å². The van der Waals surface area contributed by atoms with E-state index in [0.29, 0.717) is 24.4 Å². The van der Waals surface area contributed by atoms with Crippen molar-refractivity contribution in [2.45, 2.75) is 38.0 Å². The average molecular weight is 432 g/mol. The van der Waals surface area contributed by atoms with Gasteiger partial charge in [0.05, 0.1) is 0 Å². The summed E-state index contributed by atoms with van der Waals surface area (Å²) in [6, 6.07) is 6.45. The second-order valence-electron chi connectivity index (χ2n) is 7.33. The zero-order chi connectivity index (χ0) is 21.6. The highest BCUT2D eigenvalue weighted by atomic mass is 32.2. The number of anilines is 1. The maximum Gasteiger partial charge on any atom is 0.227 e. The van der Waals surface area contributed by atoms with Crippen molar-refractivity contribution in [1.29, 1.82) is 0 Å². The molecule has 2 aromatic heterocycles. The van der Waals surface area contributed by atoms with Crippen LogP contribution < -0.4 is 16.1 Å². The van der Waals surface area contributed by atoms with Gasteiger partial charge in [-0.25, -0.2) is 4.98 Å². The van der Waals surface area contributed by atoms with Gasteiger partial charge in [-0.3, -0.25) is 14.4 Å². The molecule has 0 saturated carbocycles. The lowest BCUT2D eigenvalue weighted by Gasteiger charge is -2.35. The summed E-state index contributed by atoms with van der Waals surface area (Å²) >= 11 is 1.76. The molecule has 8 nitrogen and oxygen atoms in total. The summed E-state index contributed by atoms with van der Waals surface area (Å²) in [4.78, 5) is 40.7. The fourth-order valence-corrected chi connectivity index (χ4v) is 4.81. The molecule has 1 fully saturated rings. The smallest absolute Gasteiger partial charge is 0.227 e. The summed E-state index contributed by atoms with van der Waals surface area (Å²) in [6.45, 7) is 1.82. The molecular formula is C21H25N3O5S. The number of aromatic hydroxyl groups is 1. The molecule has 0 atom stereocenters. The van der Waals surface area contributed by atoms with Crippen LogP contribution in [0.25, 0.3) is 0 Å². The Morgan fingerprint density at radius 2 is 2.03 bits per heavy atom. The average Bonchev–Trinajstić information content (AvgIpc) is 2.72. The van der Waals surface area contributed by atoms with E-state index in [1.54, 1.807) is 43.1 Å². The van der Waals surface area contributed by atoms with E-state index >= 15 is 0 Å². The Morgan fingerprint density at radius 3 is 2.73 bits per heavy atom. The molecule has 0 spiro atoms. The van der Waals surface area contributed by atoms with Crippen LogP contribution in [-0.4, -0.2) is 40.0 Å². The van der Waals surface area contributed by atoms with Crippen LogP contribution in [0.5, 0.6) is 5.75 Å². The number of aromatic nitrogens is 1. The van der Waals surface area contributed by atoms with Crippen LogP contribution in [0, 0.1) is 6.92 Å². The number of amides is 2. The van der Waals surface area contributed by atoms with Gasteiger partial charge in [-0.1, -0.05) is 6.07 Å². The Bertz CT molecular complexity index is 955. The van der Waals surface area contributed by atoms with Crippen molar-refractivity contribution in [2.24, 2.45) is 0 Å². The Labute approximate surface area is 178 Å². The normalized spacial score (nSPS) is 15.4. The molecule has 3 rings (SSSR count). The third kappa shape index (κ3) is 5.41. The lowest BCUT2D eigenvalue weighted by atomic mass is 9.75. The molecule has 0 radical (unpaired) electrons. The van der Waals surface area contributed by atoms with E-state index in [4.69, 9.17) is 4.42 Å². The van der Waals surface area contributed by atoms with E-state index in [9.17, 15) is 19.5 Å². The predicted molar refractivity (Wildman–Crippen MR) is 115 cm³/mol. The van der Waals surface area contributed by atoms with Gasteiger partial charge in [0.25, 0.3) is 0 Å². The fourth-order valence-electron chi connectivity index (χ4n) is 3.54. The van der Waals surface area contributed by atoms with Crippen LogP contribution in [0.4, 0.5) is 5.82 Å². The number of rotatable bonds is 7. The molecule has 1 aliphatic rings. The maximum absolute atomic E-state index is 12.6. The molecule has 1 saturated heterocycles. The summed E-state index contributed by atoms with van der Waals surface area (Å²) < 4.78 is 5.73. The van der Waals surface area contributed by atoms with Crippen molar-refractivity contribution in [1.82, 2.24) is 10.3 Å². The summed E-state index contributed by atoms with van der Waals surface area (Å²) in [7, 11) is 0. The summed E-state index contributed by atoms with van der Waals surface area (Å²) in [5.41, 5.74) is -1.24. The lowest BCUT2D eigenvalue weighted by molar-refractivity contribution is -0.122. The van der Waals surface area contributed by atoms with Crippen molar-refractivity contribution in [2.75, 3.05) is 23.4 Å². The van der Waals surface area contributed by atoms with Crippen LogP contribution in [0.1, 0.15) is 37.2 Å². The van der Waals surface area contributed by atoms with Crippen LogP contribution in [0.3, 0.4) is 0 Å². The van der Waals surface area contributed by atoms with Gasteiger partial charge in [0.1, 0.15) is 11.6 Å². The number of carbonyl (C=O) groups excluding carboxylic acids is 2. The highest BCUT2D eigenvalue weighted by Gasteiger charge is 2.41. The zero-order valence-corrected chi connectivity index (χ0v) is 17.6. The molecule has 0 unspecified atom stereocenters. The first-order chi connectivity index (χ1) is 14.4. The fraction of sp³-hybridized carbons (Fsp3) is 0.429. The van der Waals surface area contributed by atoms with Gasteiger partial charge >= 0.3 is 0 Å². The minimum absolute atomic E-state index is 0.0787. The number of aryl methyl sites for hydroxylation is 1. The highest BCUT2D eigenvalue weighted by Crippen LogP contribution is 2.43. The van der Waals surface area contributed by atoms with Crippen LogP contribution >= 0.6 is 11.8 Å². The van der Waals surface area contributed by atoms with Gasteiger partial charge in [0, 0.05) is 37.1 Å². The molecule has 0 aromatic carbocycles. The van der Waals surface area contributed by atoms with Crippen molar-refractivity contribution < 1.29 is 19.1 Å². The molecule has 0 bridgehead atoms. The van der Waals surface area contributed by atoms with Crippen molar-refractivity contribution in [3.8, 4) is 5.75 Å². The van der Waals surface area contributed by atoms with E-state index in [0.717, 1.165) is 11.5 Å². The van der Waals surface area contributed by atoms with E-state index in [1.165, 1.54) is 6.07 Å². The first-order valence-electron chi connectivity index (χ1n) is 9.79. The molecule has 160 valence electrons. The number of carbonyl (C=O) groups is 2. The first-order valence-corrected chi connectivity index (χ1v) is 10.9. The highest BCUT2D eigenvalue weighted by molar-refractivity contribution is 7.99. The Balaban J connectivity index is 1.62. The van der Waals surface area contributed by atoms with Gasteiger partial charge in [0.2, 0.25) is 23.0 Å². The molecule has 30 heavy (non-hydrogen) atoms. The van der Waals surface area contributed by atoms with Gasteiger partial charge in [0.15, 0.2) is 5.76 Å². The zero-order valence-electron chi connectivity index (χ0n) is 16.8. The lowest BCUT2D eigenvalue weighted by Crippen LogP contribution is -2.39. The topological polar surface area (TPSA) is 122 Å². The van der Waals surface area contributed by atoms with E-state index < -0.39 is 16.6 Å². The molecule has 3 heterocycles. The quantitative estimate of drug-likeness (QED) is 0.615. The molecule has 1 aliphatic heterocycles. The number of hydrogen-bond donors (Lipinski definition) is 3. The van der Waals surface area contributed by atoms with Crippen molar-refractivity contribution in [3.05, 3.63) is 52.2 Å². The number of nitrogens with zero attached hydrogens (tertiary/aromatic N) is 1. The number of nitrogens with one attached hydrogen (secondary N) is 2. The second kappa shape index (κ2) is 9.80. The summed E-state index contributed by atoms with van der Waals surface area (Å²) in [6.07, 6.45) is 3.00. The molecule has 2 amide bonds. The van der Waals surface area contributed by atoms with Gasteiger partial charge < -0.3 is 20.2 Å². The van der Waals surface area contributed by atoms with Crippen LogP contribution in [0.15, 0.2) is 39.7 Å². The summed E-state index contributed by atoms with van der Waals surface area (Å²) in [5.74, 6) is 1.73. The van der Waals surface area contributed by atoms with Crippen LogP contribution in [0.2, 0.25) is 0 Å². The first kappa shape index (κ1) is 21.9. The second-order valence-corrected chi connectivity index (χ2v) is 8.56. The van der Waals surface area contributed by atoms with Gasteiger partial charge in [-0.15, -0.1) is 0 Å². The molecule has 0 aliphatic carbocycles. The van der Waals surface area contributed by atoms with E-state index in [-0.39, 0.29) is 37.0 Å². The maximum atomic E-state index is 12.6. The standard InChI is InChI=1S/C21H25N3O5S/c1-14-12-15(25)19(28)20(29-14)21(6-10-30-11-7-21)13-18(27)23-9-5-17(26)24-16-4-2-3-8-22-16/h2-4,8,12,28H,5-7,9-11,13H2,1H3,(H,23,27)(H,22,24,26). The molecule has 9 heteroatoms. The third-order valence-corrected chi connectivity index (χ3v) is 6.07.